The fourth-order valence-corrected chi connectivity index (χ4v) is 2.82. The molecule has 3 aromatic rings. The summed E-state index contributed by atoms with van der Waals surface area (Å²) in [5, 5.41) is 3.57. The molecule has 5 heteroatoms. The van der Waals surface area contributed by atoms with E-state index >= 15 is 0 Å². The second kappa shape index (κ2) is 9.10. The van der Waals surface area contributed by atoms with Gasteiger partial charge in [-0.2, -0.15) is 0 Å². The van der Waals surface area contributed by atoms with Gasteiger partial charge in [0.15, 0.2) is 0 Å². The van der Waals surface area contributed by atoms with Gasteiger partial charge in [-0.25, -0.2) is 4.79 Å². The number of carbonyl (C=O) groups excluding carboxylic acids is 1. The van der Waals surface area contributed by atoms with Crippen LogP contribution in [-0.2, 0) is 13.1 Å². The lowest BCUT2D eigenvalue weighted by molar-refractivity contribution is 0.206. The number of hydrogen-bond donors (Lipinski definition) is 1. The van der Waals surface area contributed by atoms with Gasteiger partial charge in [-0.05, 0) is 47.5 Å². The van der Waals surface area contributed by atoms with Crippen LogP contribution in [0.5, 0.6) is 5.75 Å². The van der Waals surface area contributed by atoms with Crippen LogP contribution >= 0.6 is 11.6 Å². The minimum Gasteiger partial charge on any atom is -0.497 e. The van der Waals surface area contributed by atoms with Gasteiger partial charge in [0.1, 0.15) is 5.75 Å². The highest BCUT2D eigenvalue weighted by molar-refractivity contribution is 6.30. The molecule has 2 amide bonds. The monoisotopic (exact) mass is 380 g/mol. The van der Waals surface area contributed by atoms with E-state index < -0.39 is 0 Å². The van der Waals surface area contributed by atoms with Crippen LogP contribution in [0.15, 0.2) is 78.9 Å². The van der Waals surface area contributed by atoms with Crippen molar-refractivity contribution in [2.24, 2.45) is 0 Å². The van der Waals surface area contributed by atoms with Crippen molar-refractivity contribution in [2.75, 3.05) is 12.4 Å². The maximum Gasteiger partial charge on any atom is 0.322 e. The van der Waals surface area contributed by atoms with Crippen molar-refractivity contribution in [3.05, 3.63) is 95.0 Å². The Hall–Kier alpha value is -2.98. The lowest BCUT2D eigenvalue weighted by atomic mass is 10.1. The van der Waals surface area contributed by atoms with E-state index in [-0.39, 0.29) is 6.03 Å². The van der Waals surface area contributed by atoms with Crippen LogP contribution in [-0.4, -0.2) is 18.0 Å². The summed E-state index contributed by atoms with van der Waals surface area (Å²) in [5.41, 5.74) is 2.80. The number of carbonyl (C=O) groups is 1. The van der Waals surface area contributed by atoms with E-state index in [1.54, 1.807) is 36.3 Å². The molecular formula is C22H21ClN2O2. The van der Waals surface area contributed by atoms with E-state index in [1.807, 2.05) is 54.6 Å². The average molecular weight is 381 g/mol. The van der Waals surface area contributed by atoms with Gasteiger partial charge in [-0.15, -0.1) is 0 Å². The van der Waals surface area contributed by atoms with Crippen molar-refractivity contribution in [3.8, 4) is 5.75 Å². The molecule has 27 heavy (non-hydrogen) atoms. The van der Waals surface area contributed by atoms with Crippen molar-refractivity contribution in [3.63, 3.8) is 0 Å². The van der Waals surface area contributed by atoms with Gasteiger partial charge in [-0.3, -0.25) is 0 Å². The molecule has 0 aliphatic carbocycles. The van der Waals surface area contributed by atoms with Crippen molar-refractivity contribution in [1.29, 1.82) is 0 Å². The number of ether oxygens (including phenoxy) is 1. The molecule has 0 atom stereocenters. The van der Waals surface area contributed by atoms with Gasteiger partial charge in [-0.1, -0.05) is 54.1 Å². The fraction of sp³-hybridized carbons (Fsp3) is 0.136. The minimum absolute atomic E-state index is 0.169. The third kappa shape index (κ3) is 5.50. The topological polar surface area (TPSA) is 41.6 Å². The molecule has 0 fully saturated rings. The molecule has 0 bridgehead atoms. The largest absolute Gasteiger partial charge is 0.497 e. The summed E-state index contributed by atoms with van der Waals surface area (Å²) in [7, 11) is 1.64. The number of amides is 2. The predicted octanol–water partition coefficient (Wildman–Crippen LogP) is 5.58. The van der Waals surface area contributed by atoms with Crippen LogP contribution in [0.1, 0.15) is 11.1 Å². The number of nitrogens with one attached hydrogen (secondary N) is 1. The highest BCUT2D eigenvalue weighted by atomic mass is 35.5. The maximum atomic E-state index is 12.9. The number of benzene rings is 3. The zero-order valence-corrected chi connectivity index (χ0v) is 15.8. The van der Waals surface area contributed by atoms with Gasteiger partial charge in [0.2, 0.25) is 0 Å². The molecular weight excluding hydrogens is 360 g/mol. The fourth-order valence-electron chi connectivity index (χ4n) is 2.69. The number of methoxy groups -OCH3 is 1. The van der Waals surface area contributed by atoms with Crippen molar-refractivity contribution in [1.82, 2.24) is 4.90 Å². The third-order valence-electron chi connectivity index (χ3n) is 4.13. The Kier molecular flexibility index (Phi) is 6.34. The molecule has 0 saturated carbocycles. The van der Waals surface area contributed by atoms with Crippen LogP contribution in [0.2, 0.25) is 5.02 Å². The normalized spacial score (nSPS) is 10.3. The molecule has 0 unspecified atom stereocenters. The molecule has 0 aliphatic heterocycles. The van der Waals surface area contributed by atoms with Gasteiger partial charge in [0.05, 0.1) is 7.11 Å². The number of hydrogen-bond acceptors (Lipinski definition) is 2. The van der Waals surface area contributed by atoms with Crippen LogP contribution in [0.3, 0.4) is 0 Å². The lowest BCUT2D eigenvalue weighted by Crippen LogP contribution is -2.34. The molecule has 1 N–H and O–H groups in total. The quantitative estimate of drug-likeness (QED) is 0.606. The summed E-state index contributed by atoms with van der Waals surface area (Å²) in [5.74, 6) is 0.791. The van der Waals surface area contributed by atoms with E-state index in [9.17, 15) is 4.79 Å². The molecule has 0 heterocycles. The smallest absolute Gasteiger partial charge is 0.322 e. The van der Waals surface area contributed by atoms with Crippen molar-refractivity contribution >= 4 is 23.3 Å². The number of urea groups is 1. The summed E-state index contributed by atoms with van der Waals surface area (Å²) in [6.07, 6.45) is 0. The summed E-state index contributed by atoms with van der Waals surface area (Å²) in [6, 6.07) is 24.6. The second-order valence-corrected chi connectivity index (χ2v) is 6.56. The van der Waals surface area contributed by atoms with Crippen molar-refractivity contribution in [2.45, 2.75) is 13.1 Å². The van der Waals surface area contributed by atoms with Gasteiger partial charge < -0.3 is 15.0 Å². The SMILES string of the molecule is COc1ccc(CN(Cc2ccccc2)C(=O)Nc2ccc(Cl)cc2)cc1. The summed E-state index contributed by atoms with van der Waals surface area (Å²) >= 11 is 5.92. The Labute approximate surface area is 164 Å². The molecule has 0 saturated heterocycles. The van der Waals surface area contributed by atoms with Crippen LogP contribution in [0, 0.1) is 0 Å². The average Bonchev–Trinajstić information content (AvgIpc) is 2.70. The molecule has 138 valence electrons. The second-order valence-electron chi connectivity index (χ2n) is 6.13. The van der Waals surface area contributed by atoms with Gasteiger partial charge in [0.25, 0.3) is 0 Å². The first-order chi connectivity index (χ1) is 13.1. The number of rotatable bonds is 6. The van der Waals surface area contributed by atoms with E-state index in [1.165, 1.54) is 0 Å². The van der Waals surface area contributed by atoms with E-state index in [2.05, 4.69) is 5.32 Å². The third-order valence-corrected chi connectivity index (χ3v) is 4.38. The van der Waals surface area contributed by atoms with Crippen LogP contribution in [0.4, 0.5) is 10.5 Å². The zero-order chi connectivity index (χ0) is 19.1. The maximum absolute atomic E-state index is 12.9. The van der Waals surface area contributed by atoms with E-state index in [0.717, 1.165) is 16.9 Å². The Balaban J connectivity index is 1.77. The molecule has 0 aromatic heterocycles. The predicted molar refractivity (Wildman–Crippen MR) is 109 cm³/mol. The molecule has 0 aliphatic rings. The molecule has 4 nitrogen and oxygen atoms in total. The van der Waals surface area contributed by atoms with Crippen LogP contribution < -0.4 is 10.1 Å². The summed E-state index contributed by atoms with van der Waals surface area (Å²) in [6.45, 7) is 0.991. The van der Waals surface area contributed by atoms with Crippen LogP contribution in [0.25, 0.3) is 0 Å². The highest BCUT2D eigenvalue weighted by Crippen LogP contribution is 2.18. The number of nitrogens with zero attached hydrogens (tertiary/aromatic N) is 1. The van der Waals surface area contributed by atoms with E-state index in [0.29, 0.717) is 23.8 Å². The number of halogens is 1. The molecule has 3 aromatic carbocycles. The molecule has 3 rings (SSSR count). The Morgan fingerprint density at radius 1 is 0.889 bits per heavy atom. The minimum atomic E-state index is -0.169. The van der Waals surface area contributed by atoms with E-state index in [4.69, 9.17) is 16.3 Å². The highest BCUT2D eigenvalue weighted by Gasteiger charge is 2.15. The lowest BCUT2D eigenvalue weighted by Gasteiger charge is -2.23. The molecule has 0 radical (unpaired) electrons. The standard InChI is InChI=1S/C22H21ClN2O2/c1-27-21-13-7-18(8-14-21)16-25(15-17-5-3-2-4-6-17)22(26)24-20-11-9-19(23)10-12-20/h2-14H,15-16H2,1H3,(H,24,26). The van der Waals surface area contributed by atoms with Gasteiger partial charge >= 0.3 is 6.03 Å². The summed E-state index contributed by atoms with van der Waals surface area (Å²) < 4.78 is 5.20. The zero-order valence-electron chi connectivity index (χ0n) is 15.1. The molecule has 0 spiro atoms. The number of anilines is 1. The first-order valence-corrected chi connectivity index (χ1v) is 9.00. The van der Waals surface area contributed by atoms with Gasteiger partial charge in [0, 0.05) is 23.8 Å². The Bertz CT molecular complexity index is 865. The Morgan fingerprint density at radius 3 is 2.07 bits per heavy atom. The summed E-state index contributed by atoms with van der Waals surface area (Å²) in [4.78, 5) is 14.7. The van der Waals surface area contributed by atoms with Crippen molar-refractivity contribution < 1.29 is 9.53 Å². The first kappa shape index (κ1) is 18.8. The first-order valence-electron chi connectivity index (χ1n) is 8.62. The Morgan fingerprint density at radius 2 is 1.48 bits per heavy atom.